The minimum atomic E-state index is -1.10. The van der Waals surface area contributed by atoms with Crippen LogP contribution >= 0.6 is 11.8 Å². The Morgan fingerprint density at radius 1 is 1.25 bits per heavy atom. The van der Waals surface area contributed by atoms with Gasteiger partial charge in [-0.2, -0.15) is 0 Å². The van der Waals surface area contributed by atoms with E-state index in [1.54, 1.807) is 11.8 Å². The highest BCUT2D eigenvalue weighted by Crippen LogP contribution is 2.27. The van der Waals surface area contributed by atoms with E-state index in [-0.39, 0.29) is 0 Å². The van der Waals surface area contributed by atoms with Crippen molar-refractivity contribution in [2.75, 3.05) is 18.1 Å². The van der Waals surface area contributed by atoms with Crippen molar-refractivity contribution in [3.05, 3.63) is 0 Å². The molecule has 6 heteroatoms. The van der Waals surface area contributed by atoms with Crippen LogP contribution in [0.2, 0.25) is 0 Å². The number of aliphatic carboxylic acids is 1. The van der Waals surface area contributed by atoms with Gasteiger partial charge in [0.05, 0.1) is 5.75 Å². The summed E-state index contributed by atoms with van der Waals surface area (Å²) in [4.78, 5) is 23.3. The Kier molecular flexibility index (Phi) is 7.31. The molecular formula is C14H22N2O3S. The Hall–Kier alpha value is -1.35. The lowest BCUT2D eigenvalue weighted by Gasteiger charge is -2.29. The zero-order valence-electron chi connectivity index (χ0n) is 11.6. The number of thioether (sulfide) groups is 1. The van der Waals surface area contributed by atoms with Gasteiger partial charge in [0.15, 0.2) is 0 Å². The SMILES string of the molecule is C#CCSCCNC(=O)NC1(C(=O)O)CCCCCC1. The molecule has 112 valence electrons. The lowest BCUT2D eigenvalue weighted by atomic mass is 9.90. The summed E-state index contributed by atoms with van der Waals surface area (Å²) in [6, 6.07) is -0.407. The normalized spacial score (nSPS) is 17.6. The first-order valence-corrected chi connectivity index (χ1v) is 8.07. The molecule has 0 bridgehead atoms. The van der Waals surface area contributed by atoms with Crippen molar-refractivity contribution in [2.45, 2.75) is 44.1 Å². The van der Waals surface area contributed by atoms with Crippen LogP contribution in [0.5, 0.6) is 0 Å². The number of carboxylic acids is 1. The standard InChI is InChI=1S/C14H22N2O3S/c1-2-10-20-11-9-15-13(19)16-14(12(17)18)7-5-3-4-6-8-14/h1H,3-11H2,(H,17,18)(H2,15,16,19). The molecule has 1 saturated carbocycles. The molecule has 0 unspecified atom stereocenters. The summed E-state index contributed by atoms with van der Waals surface area (Å²) in [5.74, 6) is 2.91. The van der Waals surface area contributed by atoms with Crippen LogP contribution in [0.3, 0.4) is 0 Å². The molecule has 0 heterocycles. The zero-order valence-corrected chi connectivity index (χ0v) is 12.4. The lowest BCUT2D eigenvalue weighted by Crippen LogP contribution is -2.57. The first-order valence-electron chi connectivity index (χ1n) is 6.91. The number of carbonyl (C=O) groups excluding carboxylic acids is 1. The van der Waals surface area contributed by atoms with Crippen molar-refractivity contribution in [3.8, 4) is 12.3 Å². The highest BCUT2D eigenvalue weighted by molar-refractivity contribution is 7.99. The van der Waals surface area contributed by atoms with Gasteiger partial charge in [0.1, 0.15) is 5.54 Å². The van der Waals surface area contributed by atoms with E-state index in [1.807, 2.05) is 0 Å². The average molecular weight is 298 g/mol. The summed E-state index contributed by atoms with van der Waals surface area (Å²) in [6.45, 7) is 0.480. The number of rotatable bonds is 6. The molecule has 1 fully saturated rings. The second-order valence-electron chi connectivity index (χ2n) is 4.94. The number of terminal acetylenes is 1. The predicted molar refractivity (Wildman–Crippen MR) is 80.8 cm³/mol. The fourth-order valence-electron chi connectivity index (χ4n) is 2.35. The molecule has 0 aromatic carbocycles. The molecule has 1 aliphatic carbocycles. The molecular weight excluding hydrogens is 276 g/mol. The highest BCUT2D eigenvalue weighted by atomic mass is 32.2. The number of hydrogen-bond donors (Lipinski definition) is 3. The minimum Gasteiger partial charge on any atom is -0.480 e. The van der Waals surface area contributed by atoms with Crippen molar-refractivity contribution in [1.29, 1.82) is 0 Å². The molecule has 0 atom stereocenters. The largest absolute Gasteiger partial charge is 0.480 e. The summed E-state index contributed by atoms with van der Waals surface area (Å²) in [7, 11) is 0. The molecule has 2 amide bonds. The van der Waals surface area contributed by atoms with E-state index >= 15 is 0 Å². The molecule has 1 aliphatic rings. The number of hydrogen-bond acceptors (Lipinski definition) is 3. The van der Waals surface area contributed by atoms with Gasteiger partial charge in [-0.05, 0) is 12.8 Å². The van der Waals surface area contributed by atoms with E-state index in [2.05, 4.69) is 16.6 Å². The van der Waals surface area contributed by atoms with Crippen LogP contribution < -0.4 is 10.6 Å². The smallest absolute Gasteiger partial charge is 0.329 e. The summed E-state index contributed by atoms with van der Waals surface area (Å²) in [5, 5.41) is 14.8. The molecule has 0 spiro atoms. The van der Waals surface area contributed by atoms with Crippen molar-refractivity contribution in [3.63, 3.8) is 0 Å². The molecule has 1 rings (SSSR count). The van der Waals surface area contributed by atoms with Gasteiger partial charge in [-0.3, -0.25) is 0 Å². The van der Waals surface area contributed by atoms with Crippen LogP contribution in [-0.4, -0.2) is 40.7 Å². The number of amides is 2. The number of carboxylic acid groups (broad SMARTS) is 1. The zero-order chi connectivity index (χ0) is 14.8. The van der Waals surface area contributed by atoms with Gasteiger partial charge in [0.2, 0.25) is 0 Å². The number of carbonyl (C=O) groups is 2. The summed E-state index contributed by atoms with van der Waals surface area (Å²) in [5.41, 5.74) is -1.10. The molecule has 20 heavy (non-hydrogen) atoms. The maximum Gasteiger partial charge on any atom is 0.329 e. The Morgan fingerprint density at radius 3 is 2.45 bits per heavy atom. The molecule has 0 aromatic heterocycles. The van der Waals surface area contributed by atoms with Gasteiger partial charge in [0, 0.05) is 12.3 Å². The third kappa shape index (κ3) is 5.33. The third-order valence-electron chi connectivity index (χ3n) is 3.44. The van der Waals surface area contributed by atoms with Crippen LogP contribution in [0, 0.1) is 12.3 Å². The summed E-state index contributed by atoms with van der Waals surface area (Å²) < 4.78 is 0. The molecule has 0 aliphatic heterocycles. The number of urea groups is 1. The van der Waals surface area contributed by atoms with Crippen LogP contribution in [0.4, 0.5) is 4.79 Å². The fraction of sp³-hybridized carbons (Fsp3) is 0.714. The van der Waals surface area contributed by atoms with E-state index in [0.717, 1.165) is 31.4 Å². The molecule has 3 N–H and O–H groups in total. The van der Waals surface area contributed by atoms with Crippen LogP contribution in [0.15, 0.2) is 0 Å². The van der Waals surface area contributed by atoms with Crippen molar-refractivity contribution in [2.24, 2.45) is 0 Å². The van der Waals surface area contributed by atoms with Crippen LogP contribution in [0.25, 0.3) is 0 Å². The van der Waals surface area contributed by atoms with Gasteiger partial charge in [0.25, 0.3) is 0 Å². The van der Waals surface area contributed by atoms with Gasteiger partial charge in [-0.25, -0.2) is 9.59 Å². The Bertz CT molecular complexity index is 371. The van der Waals surface area contributed by atoms with Crippen LogP contribution in [0.1, 0.15) is 38.5 Å². The Balaban J connectivity index is 2.43. The summed E-state index contributed by atoms with van der Waals surface area (Å²) >= 11 is 1.56. The topological polar surface area (TPSA) is 78.4 Å². The first kappa shape index (κ1) is 16.7. The second kappa shape index (κ2) is 8.75. The maximum absolute atomic E-state index is 11.8. The molecule has 5 nitrogen and oxygen atoms in total. The quantitative estimate of drug-likeness (QED) is 0.397. The van der Waals surface area contributed by atoms with Crippen molar-refractivity contribution >= 4 is 23.8 Å². The van der Waals surface area contributed by atoms with E-state index < -0.39 is 17.5 Å². The van der Waals surface area contributed by atoms with Crippen molar-refractivity contribution < 1.29 is 14.7 Å². The van der Waals surface area contributed by atoms with E-state index in [0.29, 0.717) is 25.1 Å². The summed E-state index contributed by atoms with van der Waals surface area (Å²) in [6.07, 6.45) is 9.86. The third-order valence-corrected chi connectivity index (χ3v) is 4.30. The first-order chi connectivity index (χ1) is 9.60. The van der Waals surface area contributed by atoms with E-state index in [4.69, 9.17) is 6.42 Å². The van der Waals surface area contributed by atoms with Gasteiger partial charge in [-0.1, -0.05) is 31.6 Å². The van der Waals surface area contributed by atoms with Crippen LogP contribution in [-0.2, 0) is 4.79 Å². The van der Waals surface area contributed by atoms with E-state index in [1.165, 1.54) is 0 Å². The van der Waals surface area contributed by atoms with Gasteiger partial charge < -0.3 is 15.7 Å². The Labute approximate surface area is 124 Å². The Morgan fingerprint density at radius 2 is 1.90 bits per heavy atom. The van der Waals surface area contributed by atoms with E-state index in [9.17, 15) is 14.7 Å². The van der Waals surface area contributed by atoms with Gasteiger partial charge >= 0.3 is 12.0 Å². The monoisotopic (exact) mass is 298 g/mol. The molecule has 0 saturated heterocycles. The lowest BCUT2D eigenvalue weighted by molar-refractivity contribution is -0.145. The fourth-order valence-corrected chi connectivity index (χ4v) is 2.86. The average Bonchev–Trinajstić information content (AvgIpc) is 2.65. The molecule has 0 radical (unpaired) electrons. The predicted octanol–water partition coefficient (Wildman–Crippen LogP) is 1.83. The van der Waals surface area contributed by atoms with Gasteiger partial charge in [-0.15, -0.1) is 18.2 Å². The highest BCUT2D eigenvalue weighted by Gasteiger charge is 2.39. The maximum atomic E-state index is 11.8. The second-order valence-corrected chi connectivity index (χ2v) is 6.04. The number of nitrogens with one attached hydrogen (secondary N) is 2. The minimum absolute atomic E-state index is 0.407. The van der Waals surface area contributed by atoms with Crippen molar-refractivity contribution in [1.82, 2.24) is 10.6 Å². The molecule has 0 aromatic rings.